The molecular formula is C24H22N2O3S. The van der Waals surface area contributed by atoms with Crippen molar-refractivity contribution in [2.75, 3.05) is 6.61 Å². The van der Waals surface area contributed by atoms with Crippen LogP contribution in [0.4, 0.5) is 0 Å². The molecule has 0 unspecified atom stereocenters. The molecule has 0 aliphatic carbocycles. The van der Waals surface area contributed by atoms with Gasteiger partial charge in [0.1, 0.15) is 4.83 Å². The second kappa shape index (κ2) is 8.24. The first-order chi connectivity index (χ1) is 14.5. The number of hydrogen-bond acceptors (Lipinski definition) is 5. The van der Waals surface area contributed by atoms with Gasteiger partial charge >= 0.3 is 5.97 Å². The number of benzene rings is 2. The maximum atomic E-state index is 13.3. The summed E-state index contributed by atoms with van der Waals surface area (Å²) in [7, 11) is 0. The molecule has 0 bridgehead atoms. The summed E-state index contributed by atoms with van der Waals surface area (Å²) in [5.41, 5.74) is 5.56. The average molecular weight is 419 g/mol. The Morgan fingerprint density at radius 3 is 2.73 bits per heavy atom. The lowest BCUT2D eigenvalue weighted by Gasteiger charge is -2.09. The van der Waals surface area contributed by atoms with Crippen LogP contribution in [-0.4, -0.2) is 22.1 Å². The Labute approximate surface area is 178 Å². The minimum atomic E-state index is -0.366. The van der Waals surface area contributed by atoms with Crippen molar-refractivity contribution in [2.45, 2.75) is 27.3 Å². The van der Waals surface area contributed by atoms with Crippen molar-refractivity contribution in [1.29, 1.82) is 0 Å². The Hall–Kier alpha value is -3.25. The predicted molar refractivity (Wildman–Crippen MR) is 120 cm³/mol. The molecule has 0 aliphatic rings. The van der Waals surface area contributed by atoms with E-state index < -0.39 is 0 Å². The molecule has 4 aromatic rings. The maximum absolute atomic E-state index is 13.3. The number of fused-ring (bicyclic) bond motifs is 1. The van der Waals surface area contributed by atoms with Gasteiger partial charge in [0.05, 0.1) is 30.4 Å². The number of carbonyl (C=O) groups excluding carboxylic acids is 1. The van der Waals surface area contributed by atoms with Gasteiger partial charge < -0.3 is 4.74 Å². The normalized spacial score (nSPS) is 11.0. The fraction of sp³-hybridized carbons (Fsp3) is 0.208. The molecule has 0 atom stereocenters. The van der Waals surface area contributed by atoms with E-state index in [0.29, 0.717) is 24.1 Å². The molecule has 0 saturated heterocycles. The summed E-state index contributed by atoms with van der Waals surface area (Å²) < 4.78 is 6.66. The van der Waals surface area contributed by atoms with Crippen LogP contribution in [0.1, 0.15) is 34.0 Å². The number of nitrogens with zero attached hydrogens (tertiary/aromatic N) is 2. The average Bonchev–Trinajstić information content (AvgIpc) is 3.17. The third-order valence-electron chi connectivity index (χ3n) is 5.17. The van der Waals surface area contributed by atoms with Crippen LogP contribution >= 0.6 is 11.3 Å². The highest BCUT2D eigenvalue weighted by molar-refractivity contribution is 7.17. The molecular weight excluding hydrogens is 396 g/mol. The molecule has 0 amide bonds. The molecule has 2 aromatic heterocycles. The highest BCUT2D eigenvalue weighted by Gasteiger charge is 2.14. The zero-order chi connectivity index (χ0) is 21.3. The van der Waals surface area contributed by atoms with E-state index in [4.69, 9.17) is 4.74 Å². The topological polar surface area (TPSA) is 61.2 Å². The lowest BCUT2D eigenvalue weighted by Crippen LogP contribution is -2.21. The first-order valence-corrected chi connectivity index (χ1v) is 10.7. The van der Waals surface area contributed by atoms with Gasteiger partial charge in [0.15, 0.2) is 0 Å². The molecule has 5 nitrogen and oxygen atoms in total. The fourth-order valence-electron chi connectivity index (χ4n) is 3.41. The zero-order valence-electron chi connectivity index (χ0n) is 17.1. The minimum Gasteiger partial charge on any atom is -0.462 e. The van der Waals surface area contributed by atoms with Crippen molar-refractivity contribution < 1.29 is 9.53 Å². The van der Waals surface area contributed by atoms with Gasteiger partial charge in [0.2, 0.25) is 0 Å². The van der Waals surface area contributed by atoms with Gasteiger partial charge in [-0.15, -0.1) is 11.3 Å². The van der Waals surface area contributed by atoms with Crippen molar-refractivity contribution in [2.24, 2.45) is 0 Å². The third-order valence-corrected chi connectivity index (χ3v) is 6.06. The number of ether oxygens (including phenoxy) is 1. The second-order valence-corrected chi connectivity index (χ2v) is 8.09. The standard InChI is InChI=1S/C24H22N2O3S/c1-4-29-24(28)19-7-5-6-17(11-19)12-26-14-25-22-21(23(26)27)20(13-30-22)18-9-8-15(2)16(3)10-18/h5-11,13-14H,4,12H2,1-3H3. The minimum absolute atomic E-state index is 0.0870. The Morgan fingerprint density at radius 2 is 1.97 bits per heavy atom. The van der Waals surface area contributed by atoms with Gasteiger partial charge in [-0.2, -0.15) is 0 Å². The van der Waals surface area contributed by atoms with Gasteiger partial charge in [0, 0.05) is 10.9 Å². The van der Waals surface area contributed by atoms with Crippen LogP contribution in [0.3, 0.4) is 0 Å². The highest BCUT2D eigenvalue weighted by atomic mass is 32.1. The van der Waals surface area contributed by atoms with Crippen LogP contribution in [0.2, 0.25) is 0 Å². The van der Waals surface area contributed by atoms with E-state index in [1.807, 2.05) is 17.5 Å². The highest BCUT2D eigenvalue weighted by Crippen LogP contribution is 2.31. The van der Waals surface area contributed by atoms with Gasteiger partial charge in [-0.25, -0.2) is 9.78 Å². The van der Waals surface area contributed by atoms with Crippen molar-refractivity contribution in [3.05, 3.63) is 86.8 Å². The number of aryl methyl sites for hydroxylation is 2. The second-order valence-electron chi connectivity index (χ2n) is 7.23. The van der Waals surface area contributed by atoms with E-state index >= 15 is 0 Å². The molecule has 30 heavy (non-hydrogen) atoms. The number of aromatic nitrogens is 2. The third kappa shape index (κ3) is 3.78. The summed E-state index contributed by atoms with van der Waals surface area (Å²) in [6.07, 6.45) is 1.57. The number of carbonyl (C=O) groups is 1. The lowest BCUT2D eigenvalue weighted by atomic mass is 10.0. The van der Waals surface area contributed by atoms with E-state index in [9.17, 15) is 9.59 Å². The van der Waals surface area contributed by atoms with Crippen LogP contribution in [0.5, 0.6) is 0 Å². The number of rotatable bonds is 5. The van der Waals surface area contributed by atoms with Crippen LogP contribution in [0, 0.1) is 13.8 Å². The molecule has 0 radical (unpaired) electrons. The van der Waals surface area contributed by atoms with Gasteiger partial charge in [-0.05, 0) is 55.2 Å². The quantitative estimate of drug-likeness (QED) is 0.430. The SMILES string of the molecule is CCOC(=O)c1cccc(Cn2cnc3scc(-c4ccc(C)c(C)c4)c3c2=O)c1. The molecule has 6 heteroatoms. The van der Waals surface area contributed by atoms with Gasteiger partial charge in [-0.3, -0.25) is 9.36 Å². The Balaban J connectivity index is 1.74. The first kappa shape index (κ1) is 20.0. The molecule has 0 N–H and O–H groups in total. The molecule has 152 valence electrons. The van der Waals surface area contributed by atoms with E-state index in [-0.39, 0.29) is 11.5 Å². The Kier molecular flexibility index (Phi) is 5.50. The fourth-order valence-corrected chi connectivity index (χ4v) is 4.32. The van der Waals surface area contributed by atoms with Crippen molar-refractivity contribution >= 4 is 27.5 Å². The largest absolute Gasteiger partial charge is 0.462 e. The van der Waals surface area contributed by atoms with Crippen molar-refractivity contribution in [3.8, 4) is 11.1 Å². The van der Waals surface area contributed by atoms with Gasteiger partial charge in [0.25, 0.3) is 5.56 Å². The molecule has 0 spiro atoms. The predicted octanol–water partition coefficient (Wildman–Crippen LogP) is 4.97. The molecule has 2 aromatic carbocycles. The van der Waals surface area contributed by atoms with Crippen molar-refractivity contribution in [3.63, 3.8) is 0 Å². The van der Waals surface area contributed by atoms with Crippen LogP contribution < -0.4 is 5.56 Å². The zero-order valence-corrected chi connectivity index (χ0v) is 18.0. The van der Waals surface area contributed by atoms with Crippen LogP contribution in [0.25, 0.3) is 21.3 Å². The number of hydrogen-bond donors (Lipinski definition) is 0. The van der Waals surface area contributed by atoms with Crippen molar-refractivity contribution in [1.82, 2.24) is 9.55 Å². The van der Waals surface area contributed by atoms with E-state index in [2.05, 4.69) is 31.0 Å². The van der Waals surface area contributed by atoms with E-state index in [1.165, 1.54) is 22.5 Å². The first-order valence-electron chi connectivity index (χ1n) is 9.78. The number of esters is 1. The van der Waals surface area contributed by atoms with Crippen LogP contribution in [0.15, 0.2) is 59.0 Å². The van der Waals surface area contributed by atoms with Crippen LogP contribution in [-0.2, 0) is 11.3 Å². The molecule has 2 heterocycles. The summed E-state index contributed by atoms with van der Waals surface area (Å²) in [5.74, 6) is -0.366. The maximum Gasteiger partial charge on any atom is 0.338 e. The van der Waals surface area contributed by atoms with E-state index in [1.54, 1.807) is 36.0 Å². The molecule has 0 saturated carbocycles. The summed E-state index contributed by atoms with van der Waals surface area (Å²) in [6.45, 7) is 6.57. The summed E-state index contributed by atoms with van der Waals surface area (Å²) in [4.78, 5) is 30.5. The summed E-state index contributed by atoms with van der Waals surface area (Å²) >= 11 is 1.47. The summed E-state index contributed by atoms with van der Waals surface area (Å²) in [5, 5.41) is 2.63. The molecule has 0 fully saturated rings. The number of thiophene rings is 1. The smallest absolute Gasteiger partial charge is 0.338 e. The lowest BCUT2D eigenvalue weighted by molar-refractivity contribution is 0.0526. The Morgan fingerprint density at radius 1 is 1.13 bits per heavy atom. The molecule has 4 rings (SSSR count). The van der Waals surface area contributed by atoms with Gasteiger partial charge in [-0.1, -0.05) is 30.3 Å². The summed E-state index contributed by atoms with van der Waals surface area (Å²) in [6, 6.07) is 13.4. The monoisotopic (exact) mass is 418 g/mol. The molecule has 0 aliphatic heterocycles. The van der Waals surface area contributed by atoms with E-state index in [0.717, 1.165) is 21.5 Å². The Bertz CT molecular complexity index is 1300.